The molecule has 31 heavy (non-hydrogen) atoms. The molecule has 166 valence electrons. The minimum Gasteiger partial charge on any atom is -0.493 e. The average molecular weight is 428 g/mol. The van der Waals surface area contributed by atoms with Crippen molar-refractivity contribution in [2.75, 3.05) is 32.2 Å². The Kier molecular flexibility index (Phi) is 9.87. The van der Waals surface area contributed by atoms with Gasteiger partial charge in [-0.2, -0.15) is 0 Å². The molecule has 0 aliphatic rings. The third kappa shape index (κ3) is 8.00. The number of carbonyl (C=O) groups is 2. The second kappa shape index (κ2) is 12.9. The smallest absolute Gasteiger partial charge is 0.338 e. The molecule has 0 radical (unpaired) electrons. The molecular formula is C23H28N2O6. The number of benzene rings is 2. The van der Waals surface area contributed by atoms with E-state index in [1.807, 2.05) is 13.8 Å². The Morgan fingerprint density at radius 3 is 2.52 bits per heavy atom. The summed E-state index contributed by atoms with van der Waals surface area (Å²) < 4.78 is 15.9. The van der Waals surface area contributed by atoms with Crippen LogP contribution in [0.5, 0.6) is 11.5 Å². The maximum Gasteiger partial charge on any atom is 0.338 e. The van der Waals surface area contributed by atoms with Crippen LogP contribution in [0.4, 0.5) is 5.69 Å². The summed E-state index contributed by atoms with van der Waals surface area (Å²) in [5.41, 5.74) is 1.71. The molecule has 0 spiro atoms. The number of nitrogens with zero attached hydrogens (tertiary/aromatic N) is 1. The van der Waals surface area contributed by atoms with Gasteiger partial charge in [-0.05, 0) is 55.8 Å². The Bertz CT molecular complexity index is 880. The molecular weight excluding hydrogens is 400 g/mol. The van der Waals surface area contributed by atoms with E-state index in [0.717, 1.165) is 18.4 Å². The highest BCUT2D eigenvalue weighted by atomic mass is 16.6. The van der Waals surface area contributed by atoms with Gasteiger partial charge >= 0.3 is 5.97 Å². The van der Waals surface area contributed by atoms with Crippen molar-refractivity contribution in [3.05, 3.63) is 53.6 Å². The molecule has 0 atom stereocenters. The van der Waals surface area contributed by atoms with E-state index in [1.165, 1.54) is 6.21 Å². The second-order valence-corrected chi connectivity index (χ2v) is 6.47. The first-order chi connectivity index (χ1) is 15.1. The van der Waals surface area contributed by atoms with Crippen molar-refractivity contribution in [2.24, 2.45) is 5.16 Å². The van der Waals surface area contributed by atoms with Gasteiger partial charge in [0.1, 0.15) is 0 Å². The quantitative estimate of drug-likeness (QED) is 0.237. The third-order valence-corrected chi connectivity index (χ3v) is 4.09. The minimum absolute atomic E-state index is 0.258. The summed E-state index contributed by atoms with van der Waals surface area (Å²) in [7, 11) is 1.56. The van der Waals surface area contributed by atoms with E-state index in [2.05, 4.69) is 10.5 Å². The molecule has 8 nitrogen and oxygen atoms in total. The van der Waals surface area contributed by atoms with Gasteiger partial charge < -0.3 is 24.4 Å². The van der Waals surface area contributed by atoms with Crippen LogP contribution in [0.1, 0.15) is 42.6 Å². The molecule has 0 saturated heterocycles. The zero-order chi connectivity index (χ0) is 22.5. The summed E-state index contributed by atoms with van der Waals surface area (Å²) in [4.78, 5) is 28.9. The van der Waals surface area contributed by atoms with Crippen LogP contribution in [0.25, 0.3) is 0 Å². The molecule has 2 aromatic rings. The maximum atomic E-state index is 12.0. The lowest BCUT2D eigenvalue weighted by Gasteiger charge is -2.09. The summed E-state index contributed by atoms with van der Waals surface area (Å²) in [5.74, 6) is 0.471. The van der Waals surface area contributed by atoms with Crippen molar-refractivity contribution in [1.82, 2.24) is 0 Å². The number of unbranched alkanes of at least 4 members (excludes halogenated alkanes) is 1. The fourth-order valence-electron chi connectivity index (χ4n) is 2.51. The Hall–Kier alpha value is -3.55. The van der Waals surface area contributed by atoms with E-state index < -0.39 is 0 Å². The van der Waals surface area contributed by atoms with E-state index in [4.69, 9.17) is 19.0 Å². The summed E-state index contributed by atoms with van der Waals surface area (Å²) in [6.07, 6.45) is 3.26. The van der Waals surface area contributed by atoms with Crippen LogP contribution < -0.4 is 14.8 Å². The summed E-state index contributed by atoms with van der Waals surface area (Å²) in [5, 5.41) is 6.48. The van der Waals surface area contributed by atoms with Gasteiger partial charge in [0, 0.05) is 11.3 Å². The number of hydrogen-bond acceptors (Lipinski definition) is 7. The number of methoxy groups -OCH3 is 1. The molecule has 0 aromatic heterocycles. The lowest BCUT2D eigenvalue weighted by atomic mass is 10.2. The molecule has 0 bridgehead atoms. The standard InChI is InChI=1S/C23H28N2O6/c1-4-6-13-30-23(27)18-8-10-19(11-9-18)25-22(26)16-31-24-15-17-7-12-20(29-5-2)21(14-17)28-3/h7-12,14-15H,4-6,13,16H2,1-3H3,(H,25,26)/b24-15+. The van der Waals surface area contributed by atoms with Crippen molar-refractivity contribution < 1.29 is 28.6 Å². The number of anilines is 1. The molecule has 0 aliphatic carbocycles. The lowest BCUT2D eigenvalue weighted by Crippen LogP contribution is -2.17. The van der Waals surface area contributed by atoms with Crippen molar-refractivity contribution in [2.45, 2.75) is 26.7 Å². The van der Waals surface area contributed by atoms with E-state index in [9.17, 15) is 9.59 Å². The Balaban J connectivity index is 1.79. The van der Waals surface area contributed by atoms with Gasteiger partial charge in [-0.1, -0.05) is 18.5 Å². The maximum absolute atomic E-state index is 12.0. The van der Waals surface area contributed by atoms with Crippen LogP contribution in [-0.2, 0) is 14.4 Å². The van der Waals surface area contributed by atoms with Crippen LogP contribution in [0.2, 0.25) is 0 Å². The predicted molar refractivity (Wildman–Crippen MR) is 118 cm³/mol. The number of hydrogen-bond donors (Lipinski definition) is 1. The Morgan fingerprint density at radius 2 is 1.84 bits per heavy atom. The molecule has 0 saturated carbocycles. The first-order valence-electron chi connectivity index (χ1n) is 10.1. The number of nitrogens with one attached hydrogen (secondary N) is 1. The molecule has 0 heterocycles. The number of ether oxygens (including phenoxy) is 3. The summed E-state index contributed by atoms with van der Waals surface area (Å²) in [6.45, 7) is 4.59. The van der Waals surface area contributed by atoms with Crippen LogP contribution >= 0.6 is 0 Å². The topological polar surface area (TPSA) is 95.5 Å². The summed E-state index contributed by atoms with van der Waals surface area (Å²) >= 11 is 0. The van der Waals surface area contributed by atoms with Crippen molar-refractivity contribution in [3.63, 3.8) is 0 Å². The molecule has 1 N–H and O–H groups in total. The van der Waals surface area contributed by atoms with Gasteiger partial charge in [-0.3, -0.25) is 4.79 Å². The third-order valence-electron chi connectivity index (χ3n) is 4.09. The number of oxime groups is 1. The number of amides is 1. The van der Waals surface area contributed by atoms with Gasteiger partial charge in [0.2, 0.25) is 0 Å². The zero-order valence-electron chi connectivity index (χ0n) is 18.1. The highest BCUT2D eigenvalue weighted by Gasteiger charge is 2.08. The first kappa shape index (κ1) is 23.7. The lowest BCUT2D eigenvalue weighted by molar-refractivity contribution is -0.120. The first-order valence-corrected chi connectivity index (χ1v) is 10.1. The monoisotopic (exact) mass is 428 g/mol. The zero-order valence-corrected chi connectivity index (χ0v) is 18.1. The molecule has 0 unspecified atom stereocenters. The Morgan fingerprint density at radius 1 is 1.06 bits per heavy atom. The largest absolute Gasteiger partial charge is 0.493 e. The normalized spacial score (nSPS) is 10.5. The van der Waals surface area contributed by atoms with E-state index >= 15 is 0 Å². The van der Waals surface area contributed by atoms with Gasteiger partial charge in [0.25, 0.3) is 5.91 Å². The molecule has 0 fully saturated rings. The minimum atomic E-state index is -0.380. The fourth-order valence-corrected chi connectivity index (χ4v) is 2.51. The molecule has 2 rings (SSSR count). The van der Waals surface area contributed by atoms with Crippen molar-refractivity contribution >= 4 is 23.8 Å². The highest BCUT2D eigenvalue weighted by molar-refractivity contribution is 5.93. The van der Waals surface area contributed by atoms with Crippen molar-refractivity contribution in [1.29, 1.82) is 0 Å². The number of carbonyl (C=O) groups excluding carboxylic acids is 2. The molecule has 8 heteroatoms. The van der Waals surface area contributed by atoms with Crippen molar-refractivity contribution in [3.8, 4) is 11.5 Å². The predicted octanol–water partition coefficient (Wildman–Crippen LogP) is 4.04. The van der Waals surface area contributed by atoms with Crippen LogP contribution in [-0.4, -0.2) is 45.0 Å². The van der Waals surface area contributed by atoms with Gasteiger partial charge in [0.15, 0.2) is 18.1 Å². The van der Waals surface area contributed by atoms with Crippen LogP contribution in [0.3, 0.4) is 0 Å². The SMILES string of the molecule is CCCCOC(=O)c1ccc(NC(=O)CO/N=C/c2ccc(OCC)c(OC)c2)cc1. The fraction of sp³-hybridized carbons (Fsp3) is 0.348. The van der Waals surface area contributed by atoms with E-state index in [-0.39, 0.29) is 18.5 Å². The van der Waals surface area contributed by atoms with Crippen LogP contribution in [0.15, 0.2) is 47.6 Å². The average Bonchev–Trinajstić information content (AvgIpc) is 2.78. The second-order valence-electron chi connectivity index (χ2n) is 6.47. The highest BCUT2D eigenvalue weighted by Crippen LogP contribution is 2.27. The number of rotatable bonds is 12. The van der Waals surface area contributed by atoms with Gasteiger partial charge in [-0.25, -0.2) is 4.79 Å². The van der Waals surface area contributed by atoms with Gasteiger partial charge in [0.05, 0.1) is 32.1 Å². The Labute approximate surface area is 182 Å². The summed E-state index contributed by atoms with van der Waals surface area (Å²) in [6, 6.07) is 11.8. The van der Waals surface area contributed by atoms with Gasteiger partial charge in [-0.15, -0.1) is 0 Å². The molecule has 2 aromatic carbocycles. The molecule has 1 amide bonds. The molecule has 0 aliphatic heterocycles. The van der Waals surface area contributed by atoms with Crippen LogP contribution in [0, 0.1) is 0 Å². The number of esters is 1. The van der Waals surface area contributed by atoms with E-state index in [0.29, 0.717) is 36.0 Å². The van der Waals surface area contributed by atoms with E-state index in [1.54, 1.807) is 49.6 Å².